The van der Waals surface area contributed by atoms with E-state index in [9.17, 15) is 14.7 Å². The van der Waals surface area contributed by atoms with Gasteiger partial charge in [-0.15, -0.1) is 0 Å². The van der Waals surface area contributed by atoms with E-state index in [0.717, 1.165) is 0 Å². The lowest BCUT2D eigenvalue weighted by molar-refractivity contribution is -0.255. The number of aromatic carboxylic acids is 1. The maximum atomic E-state index is 11.8. The number of hydrogen-bond donors (Lipinski definition) is 1. The zero-order chi connectivity index (χ0) is 18.5. The highest BCUT2D eigenvalue weighted by Gasteiger charge is 2.10. The molecule has 1 N–H and O–H groups in total. The van der Waals surface area contributed by atoms with Gasteiger partial charge in [0.15, 0.2) is 0 Å². The lowest BCUT2D eigenvalue weighted by atomic mass is 10.1. The quantitative estimate of drug-likeness (QED) is 0.548. The fourth-order valence-electron chi connectivity index (χ4n) is 2.13. The molecule has 8 heteroatoms. The number of rotatable bonds is 5. The third kappa shape index (κ3) is 3.96. The molecule has 3 aromatic rings. The molecule has 130 valence electrons. The van der Waals surface area contributed by atoms with Gasteiger partial charge in [0.25, 0.3) is 5.91 Å². The number of carbonyl (C=O) groups excluding carboxylic acids is 2. The molecule has 7 nitrogen and oxygen atoms in total. The molecule has 0 saturated carbocycles. The van der Waals surface area contributed by atoms with Crippen molar-refractivity contribution in [3.05, 3.63) is 76.8 Å². The van der Waals surface area contributed by atoms with E-state index >= 15 is 0 Å². The minimum absolute atomic E-state index is 0.0133. The molecule has 0 saturated heterocycles. The normalized spacial score (nSPS) is 10.8. The molecule has 1 aromatic carbocycles. The third-order valence-corrected chi connectivity index (χ3v) is 3.72. The molecule has 2 heterocycles. The highest BCUT2D eigenvalue weighted by atomic mass is 35.5. The molecule has 0 fully saturated rings. The largest absolute Gasteiger partial charge is 0.545 e. The van der Waals surface area contributed by atoms with Crippen LogP contribution in [0.5, 0.6) is 0 Å². The van der Waals surface area contributed by atoms with Crippen LogP contribution in [0.25, 0.3) is 11.3 Å². The van der Waals surface area contributed by atoms with Gasteiger partial charge in [-0.2, -0.15) is 5.10 Å². The second-order valence-electron chi connectivity index (χ2n) is 5.12. The summed E-state index contributed by atoms with van der Waals surface area (Å²) in [4.78, 5) is 26.6. The Morgan fingerprint density at radius 3 is 2.62 bits per heavy atom. The predicted molar refractivity (Wildman–Crippen MR) is 92.8 cm³/mol. The van der Waals surface area contributed by atoms with Crippen molar-refractivity contribution in [3.8, 4) is 11.3 Å². The maximum Gasteiger partial charge on any atom is 0.271 e. The summed E-state index contributed by atoms with van der Waals surface area (Å²) in [6, 6.07) is 10.5. The molecule has 26 heavy (non-hydrogen) atoms. The predicted octanol–water partition coefficient (Wildman–Crippen LogP) is 2.12. The van der Waals surface area contributed by atoms with Gasteiger partial charge >= 0.3 is 0 Å². The summed E-state index contributed by atoms with van der Waals surface area (Å²) in [6.45, 7) is 0. The van der Waals surface area contributed by atoms with Gasteiger partial charge in [0.05, 0.1) is 17.2 Å². The summed E-state index contributed by atoms with van der Waals surface area (Å²) in [5, 5.41) is 15.1. The summed E-state index contributed by atoms with van der Waals surface area (Å²) < 4.78 is 5.56. The van der Waals surface area contributed by atoms with Crippen molar-refractivity contribution in [2.75, 3.05) is 0 Å². The lowest BCUT2D eigenvalue weighted by Gasteiger charge is -2.06. The van der Waals surface area contributed by atoms with E-state index in [2.05, 4.69) is 15.5 Å². The topological polar surface area (TPSA) is 108 Å². The first-order valence-corrected chi connectivity index (χ1v) is 7.77. The highest BCUT2D eigenvalue weighted by Crippen LogP contribution is 2.30. The molecule has 0 atom stereocenters. The van der Waals surface area contributed by atoms with E-state index in [4.69, 9.17) is 16.0 Å². The summed E-state index contributed by atoms with van der Waals surface area (Å²) in [6.07, 6.45) is 4.32. The van der Waals surface area contributed by atoms with E-state index in [1.54, 1.807) is 24.3 Å². The lowest BCUT2D eigenvalue weighted by Crippen LogP contribution is -2.22. The standard InChI is InChI=1S/C18H12ClN3O4/c19-15-3-1-12(18(24)25)9-14(15)16-4-2-13(26-16)10-21-22-17(23)11-5-7-20-8-6-11/h1-10H,(H,22,23)(H,24,25)/p-1/b21-10+. The molecule has 0 unspecified atom stereocenters. The Balaban J connectivity index is 1.73. The molecule has 2 aromatic heterocycles. The third-order valence-electron chi connectivity index (χ3n) is 3.39. The maximum absolute atomic E-state index is 11.8. The van der Waals surface area contributed by atoms with Gasteiger partial charge in [0.2, 0.25) is 0 Å². The summed E-state index contributed by atoms with van der Waals surface area (Å²) in [7, 11) is 0. The zero-order valence-electron chi connectivity index (χ0n) is 13.2. The first-order valence-electron chi connectivity index (χ1n) is 7.39. The van der Waals surface area contributed by atoms with Crippen LogP contribution >= 0.6 is 11.6 Å². The number of pyridine rings is 1. The van der Waals surface area contributed by atoms with Crippen molar-refractivity contribution in [3.63, 3.8) is 0 Å². The van der Waals surface area contributed by atoms with Crippen LogP contribution in [0.4, 0.5) is 0 Å². The Bertz CT molecular complexity index is 983. The molecular formula is C18H11ClN3O4-. The minimum atomic E-state index is -1.31. The zero-order valence-corrected chi connectivity index (χ0v) is 13.9. The second-order valence-corrected chi connectivity index (χ2v) is 5.53. The monoisotopic (exact) mass is 368 g/mol. The Labute approximate surface area is 152 Å². The van der Waals surface area contributed by atoms with Gasteiger partial charge in [0.1, 0.15) is 11.5 Å². The van der Waals surface area contributed by atoms with Crippen molar-refractivity contribution < 1.29 is 19.1 Å². The number of nitrogens with one attached hydrogen (secondary N) is 1. The number of hydrazone groups is 1. The van der Waals surface area contributed by atoms with Crippen LogP contribution in [0.3, 0.4) is 0 Å². The average Bonchev–Trinajstić information content (AvgIpc) is 3.11. The van der Waals surface area contributed by atoms with E-state index < -0.39 is 5.97 Å². The number of carboxylic acids is 1. The first-order chi connectivity index (χ1) is 12.5. The average molecular weight is 369 g/mol. The summed E-state index contributed by atoms with van der Waals surface area (Å²) in [5.41, 5.74) is 3.18. The number of benzene rings is 1. The molecule has 0 spiro atoms. The van der Waals surface area contributed by atoms with Crippen molar-refractivity contribution in [1.82, 2.24) is 10.4 Å². The second kappa shape index (κ2) is 7.62. The van der Waals surface area contributed by atoms with Crippen molar-refractivity contribution in [1.29, 1.82) is 0 Å². The Morgan fingerprint density at radius 1 is 1.12 bits per heavy atom. The van der Waals surface area contributed by atoms with Gasteiger partial charge in [-0.05, 0) is 42.0 Å². The summed E-state index contributed by atoms with van der Waals surface area (Å²) in [5.74, 6) is -0.986. The van der Waals surface area contributed by atoms with Crippen molar-refractivity contribution in [2.45, 2.75) is 0 Å². The van der Waals surface area contributed by atoms with Gasteiger partial charge in [-0.3, -0.25) is 9.78 Å². The van der Waals surface area contributed by atoms with E-state index in [-0.39, 0.29) is 11.5 Å². The molecule has 0 aliphatic rings. The van der Waals surface area contributed by atoms with Gasteiger partial charge in [-0.25, -0.2) is 5.43 Å². The Morgan fingerprint density at radius 2 is 1.88 bits per heavy atom. The van der Waals surface area contributed by atoms with Crippen LogP contribution < -0.4 is 10.5 Å². The smallest absolute Gasteiger partial charge is 0.271 e. The first kappa shape index (κ1) is 17.4. The number of amides is 1. The molecule has 3 rings (SSSR count). The summed E-state index contributed by atoms with van der Waals surface area (Å²) >= 11 is 6.09. The molecule has 0 aliphatic carbocycles. The number of nitrogens with zero attached hydrogens (tertiary/aromatic N) is 2. The molecule has 0 aliphatic heterocycles. The number of hydrogen-bond acceptors (Lipinski definition) is 6. The number of aromatic nitrogens is 1. The molecule has 0 radical (unpaired) electrons. The van der Waals surface area contributed by atoms with Crippen molar-refractivity contribution >= 4 is 29.7 Å². The van der Waals surface area contributed by atoms with Crippen LogP contribution in [0.1, 0.15) is 26.5 Å². The number of halogens is 1. The van der Waals surface area contributed by atoms with Gasteiger partial charge in [-0.1, -0.05) is 17.7 Å². The van der Waals surface area contributed by atoms with Gasteiger partial charge < -0.3 is 14.3 Å². The fourth-order valence-corrected chi connectivity index (χ4v) is 2.34. The minimum Gasteiger partial charge on any atom is -0.545 e. The Hall–Kier alpha value is -3.45. The molecular weight excluding hydrogens is 358 g/mol. The number of carboxylic acid groups (broad SMARTS) is 1. The molecule has 1 amide bonds. The van der Waals surface area contributed by atoms with Crippen LogP contribution in [0, 0.1) is 0 Å². The van der Waals surface area contributed by atoms with E-state index in [0.29, 0.717) is 27.7 Å². The fraction of sp³-hybridized carbons (Fsp3) is 0. The van der Waals surface area contributed by atoms with Crippen LogP contribution in [0.2, 0.25) is 5.02 Å². The van der Waals surface area contributed by atoms with Crippen LogP contribution in [-0.2, 0) is 0 Å². The molecule has 0 bridgehead atoms. The SMILES string of the molecule is O=C([O-])c1ccc(Cl)c(-c2ccc(/C=N/NC(=O)c3ccncc3)o2)c1. The number of carbonyl (C=O) groups is 2. The highest BCUT2D eigenvalue weighted by molar-refractivity contribution is 6.33. The Kier molecular flexibility index (Phi) is 5.09. The van der Waals surface area contributed by atoms with E-state index in [1.807, 2.05) is 0 Å². The number of furan rings is 1. The van der Waals surface area contributed by atoms with Crippen LogP contribution in [-0.4, -0.2) is 23.1 Å². The van der Waals surface area contributed by atoms with E-state index in [1.165, 1.54) is 36.8 Å². The van der Waals surface area contributed by atoms with Crippen LogP contribution in [0.15, 0.2) is 64.4 Å². The van der Waals surface area contributed by atoms with Gasteiger partial charge in [0, 0.05) is 23.5 Å². The van der Waals surface area contributed by atoms with Crippen molar-refractivity contribution in [2.24, 2.45) is 5.10 Å².